The van der Waals surface area contributed by atoms with Crippen molar-refractivity contribution in [2.45, 2.75) is 23.5 Å². The third kappa shape index (κ3) is 2.73. The molecule has 0 spiro atoms. The highest BCUT2D eigenvalue weighted by Gasteiger charge is 2.31. The lowest BCUT2D eigenvalue weighted by Gasteiger charge is -2.12. The summed E-state index contributed by atoms with van der Waals surface area (Å²) in [4.78, 5) is 10.7. The molecule has 0 radical (unpaired) electrons. The van der Waals surface area contributed by atoms with Gasteiger partial charge in [0.1, 0.15) is 11.1 Å². The van der Waals surface area contributed by atoms with Crippen LogP contribution in [0.25, 0.3) is 0 Å². The van der Waals surface area contributed by atoms with Crippen LogP contribution in [-0.2, 0) is 14.6 Å². The molecule has 0 fully saturated rings. The van der Waals surface area contributed by atoms with E-state index >= 15 is 0 Å². The van der Waals surface area contributed by atoms with Crippen LogP contribution < -0.4 is 11.5 Å². The van der Waals surface area contributed by atoms with E-state index in [1.807, 2.05) is 0 Å². The molecule has 4 N–H and O–H groups in total. The van der Waals surface area contributed by atoms with Crippen LogP contribution in [0.15, 0.2) is 23.1 Å². The first-order chi connectivity index (χ1) is 7.78. The lowest BCUT2D eigenvalue weighted by Crippen LogP contribution is -2.35. The fourth-order valence-electron chi connectivity index (χ4n) is 1.49. The van der Waals surface area contributed by atoms with Crippen LogP contribution in [0, 0.1) is 5.82 Å². The molecule has 1 aromatic carbocycles. The van der Waals surface area contributed by atoms with Crippen LogP contribution in [0.5, 0.6) is 0 Å². The van der Waals surface area contributed by atoms with Gasteiger partial charge >= 0.3 is 0 Å². The van der Waals surface area contributed by atoms with Gasteiger partial charge in [0, 0.05) is 5.69 Å². The van der Waals surface area contributed by atoms with Gasteiger partial charge in [0.2, 0.25) is 5.91 Å². The summed E-state index contributed by atoms with van der Waals surface area (Å²) in [5, 5.41) is -1.37. The number of hydrogen-bond acceptors (Lipinski definition) is 4. The van der Waals surface area contributed by atoms with Gasteiger partial charge < -0.3 is 11.5 Å². The van der Waals surface area contributed by atoms with Gasteiger partial charge in [-0.15, -0.1) is 0 Å². The summed E-state index contributed by atoms with van der Waals surface area (Å²) in [6.45, 7) is 1.51. The summed E-state index contributed by atoms with van der Waals surface area (Å²) >= 11 is 0. The standard InChI is InChI=1S/C10H13FN2O3S/c1-2-9(10(13)14)17(15,16)8-4-6(11)3-7(12)5-8/h3-5,9H,2,12H2,1H3,(H2,13,14). The largest absolute Gasteiger partial charge is 0.399 e. The van der Waals surface area contributed by atoms with Gasteiger partial charge in [0.15, 0.2) is 9.84 Å². The summed E-state index contributed by atoms with van der Waals surface area (Å²) in [6, 6.07) is 2.91. The molecule has 0 aliphatic rings. The summed E-state index contributed by atoms with van der Waals surface area (Å²) in [6.07, 6.45) is 0.0219. The zero-order chi connectivity index (χ0) is 13.2. The van der Waals surface area contributed by atoms with Gasteiger partial charge in [-0.05, 0) is 24.6 Å². The number of benzene rings is 1. The van der Waals surface area contributed by atoms with Gasteiger partial charge in [-0.3, -0.25) is 4.79 Å². The zero-order valence-corrected chi connectivity index (χ0v) is 10.00. The maximum absolute atomic E-state index is 13.1. The van der Waals surface area contributed by atoms with Gasteiger partial charge in [0.05, 0.1) is 4.90 Å². The highest BCUT2D eigenvalue weighted by molar-refractivity contribution is 7.92. The third-order valence-electron chi connectivity index (χ3n) is 2.28. The topological polar surface area (TPSA) is 103 Å². The van der Waals surface area contributed by atoms with Crippen molar-refractivity contribution in [3.05, 3.63) is 24.0 Å². The summed E-state index contributed by atoms with van der Waals surface area (Å²) in [5.41, 5.74) is 10.3. The number of hydrogen-bond donors (Lipinski definition) is 2. The Bertz CT molecular complexity index is 522. The minimum atomic E-state index is -3.99. The molecule has 1 aromatic rings. The van der Waals surface area contributed by atoms with E-state index in [1.54, 1.807) is 0 Å². The summed E-state index contributed by atoms with van der Waals surface area (Å²) in [7, 11) is -3.99. The molecule has 0 heterocycles. The predicted octanol–water partition coefficient (Wildman–Crippen LogP) is 0.446. The van der Waals surface area contributed by atoms with Gasteiger partial charge in [-0.2, -0.15) is 0 Å². The number of carbonyl (C=O) groups excluding carboxylic acids is 1. The molecular weight excluding hydrogens is 247 g/mol. The maximum atomic E-state index is 13.1. The predicted molar refractivity (Wildman–Crippen MR) is 61.3 cm³/mol. The molecule has 0 bridgehead atoms. The Morgan fingerprint density at radius 3 is 2.41 bits per heavy atom. The molecule has 0 saturated carbocycles. The number of carbonyl (C=O) groups is 1. The molecule has 1 unspecified atom stereocenters. The number of rotatable bonds is 4. The quantitative estimate of drug-likeness (QED) is 0.767. The molecule has 1 rings (SSSR count). The Kier molecular flexibility index (Phi) is 3.72. The monoisotopic (exact) mass is 260 g/mol. The Morgan fingerprint density at radius 2 is 2.00 bits per heavy atom. The summed E-state index contributed by atoms with van der Waals surface area (Å²) < 4.78 is 37.0. The molecule has 0 saturated heterocycles. The fourth-order valence-corrected chi connectivity index (χ4v) is 3.14. The fraction of sp³-hybridized carbons (Fsp3) is 0.300. The van der Waals surface area contributed by atoms with Crippen molar-refractivity contribution in [2.75, 3.05) is 5.73 Å². The zero-order valence-electron chi connectivity index (χ0n) is 9.18. The van der Waals surface area contributed by atoms with Crippen LogP contribution >= 0.6 is 0 Å². The average Bonchev–Trinajstić information content (AvgIpc) is 2.15. The van der Waals surface area contributed by atoms with Crippen molar-refractivity contribution in [2.24, 2.45) is 5.73 Å². The molecule has 0 aliphatic carbocycles. The molecule has 1 atom stereocenters. The van der Waals surface area contributed by atoms with Gasteiger partial charge in [0.25, 0.3) is 0 Å². The van der Waals surface area contributed by atoms with E-state index < -0.39 is 26.8 Å². The van der Waals surface area contributed by atoms with Gasteiger partial charge in [-0.25, -0.2) is 12.8 Å². The minimum absolute atomic E-state index is 0.0219. The number of sulfone groups is 1. The Balaban J connectivity index is 3.35. The third-order valence-corrected chi connectivity index (χ3v) is 4.49. The highest BCUT2D eigenvalue weighted by atomic mass is 32.2. The maximum Gasteiger partial charge on any atom is 0.236 e. The molecular formula is C10H13FN2O3S. The van der Waals surface area contributed by atoms with E-state index in [-0.39, 0.29) is 17.0 Å². The van der Waals surface area contributed by atoms with E-state index in [0.717, 1.165) is 18.2 Å². The molecule has 5 nitrogen and oxygen atoms in total. The van der Waals surface area contributed by atoms with E-state index in [9.17, 15) is 17.6 Å². The second-order valence-corrected chi connectivity index (χ2v) is 5.69. The first kappa shape index (κ1) is 13.4. The van der Waals surface area contributed by atoms with Crippen LogP contribution in [0.2, 0.25) is 0 Å². The van der Waals surface area contributed by atoms with Gasteiger partial charge in [-0.1, -0.05) is 6.92 Å². The molecule has 0 aliphatic heterocycles. The Labute approximate surface area is 98.5 Å². The van der Waals surface area contributed by atoms with E-state index in [0.29, 0.717) is 0 Å². The van der Waals surface area contributed by atoms with Crippen LogP contribution in [0.4, 0.5) is 10.1 Å². The van der Waals surface area contributed by atoms with Crippen molar-refractivity contribution in [1.29, 1.82) is 0 Å². The molecule has 17 heavy (non-hydrogen) atoms. The second-order valence-electron chi connectivity index (χ2n) is 3.56. The molecule has 7 heteroatoms. The summed E-state index contributed by atoms with van der Waals surface area (Å²) in [5.74, 6) is -1.74. The number of anilines is 1. The average molecular weight is 260 g/mol. The lowest BCUT2D eigenvalue weighted by atomic mass is 10.3. The Hall–Kier alpha value is -1.63. The van der Waals surface area contributed by atoms with Crippen molar-refractivity contribution >= 4 is 21.4 Å². The number of nitrogen functional groups attached to an aromatic ring is 1. The lowest BCUT2D eigenvalue weighted by molar-refractivity contribution is -0.117. The smallest absolute Gasteiger partial charge is 0.236 e. The number of nitrogens with two attached hydrogens (primary N) is 2. The number of halogens is 1. The second kappa shape index (κ2) is 4.70. The van der Waals surface area contributed by atoms with Crippen molar-refractivity contribution in [3.63, 3.8) is 0 Å². The number of primary amides is 1. The van der Waals surface area contributed by atoms with Crippen LogP contribution in [0.3, 0.4) is 0 Å². The van der Waals surface area contributed by atoms with Crippen molar-refractivity contribution < 1.29 is 17.6 Å². The van der Waals surface area contributed by atoms with Crippen molar-refractivity contribution in [1.82, 2.24) is 0 Å². The molecule has 0 aromatic heterocycles. The normalized spacial score (nSPS) is 13.3. The minimum Gasteiger partial charge on any atom is -0.399 e. The molecule has 94 valence electrons. The Morgan fingerprint density at radius 1 is 1.41 bits per heavy atom. The van der Waals surface area contributed by atoms with E-state index in [1.165, 1.54) is 6.92 Å². The van der Waals surface area contributed by atoms with Crippen molar-refractivity contribution in [3.8, 4) is 0 Å². The van der Waals surface area contributed by atoms with Crippen LogP contribution in [-0.4, -0.2) is 19.6 Å². The highest BCUT2D eigenvalue weighted by Crippen LogP contribution is 2.21. The molecule has 1 amide bonds. The first-order valence-corrected chi connectivity index (χ1v) is 6.43. The van der Waals surface area contributed by atoms with E-state index in [4.69, 9.17) is 11.5 Å². The SMILES string of the molecule is CCC(C(N)=O)S(=O)(=O)c1cc(N)cc(F)c1. The van der Waals surface area contributed by atoms with Crippen LogP contribution in [0.1, 0.15) is 13.3 Å². The van der Waals surface area contributed by atoms with E-state index in [2.05, 4.69) is 0 Å². The number of amides is 1. The first-order valence-electron chi connectivity index (χ1n) is 4.88.